The van der Waals surface area contributed by atoms with Gasteiger partial charge in [-0.3, -0.25) is 0 Å². The minimum absolute atomic E-state index is 0.00926. The monoisotopic (exact) mass is 158 g/mol. The van der Waals surface area contributed by atoms with Gasteiger partial charge < -0.3 is 5.11 Å². The molecule has 0 fully saturated rings. The lowest BCUT2D eigenvalue weighted by Gasteiger charge is -2.05. The fourth-order valence-corrected chi connectivity index (χ4v) is 0.828. The molecule has 0 aliphatic carbocycles. The highest BCUT2D eigenvalue weighted by atomic mass is 19.1. The minimum atomic E-state index is -1.34. The molecule has 1 aromatic carbocycles. The molecule has 0 aromatic heterocycles. The van der Waals surface area contributed by atoms with E-state index in [0.717, 1.165) is 0 Å². The number of aliphatic hydroxyl groups excluding tert-OH is 1. The molecule has 0 radical (unpaired) electrons. The maximum atomic E-state index is 12.7. The van der Waals surface area contributed by atoms with E-state index in [1.165, 1.54) is 18.2 Å². The van der Waals surface area contributed by atoms with E-state index >= 15 is 0 Å². The van der Waals surface area contributed by atoms with Crippen LogP contribution in [0.4, 0.5) is 8.78 Å². The first kappa shape index (κ1) is 8.14. The summed E-state index contributed by atoms with van der Waals surface area (Å²) in [7, 11) is 0. The Balaban J connectivity index is 2.93. The van der Waals surface area contributed by atoms with Gasteiger partial charge in [0.2, 0.25) is 0 Å². The summed E-state index contributed by atoms with van der Waals surface area (Å²) in [4.78, 5) is 0. The molecule has 0 spiro atoms. The molecule has 0 saturated heterocycles. The van der Waals surface area contributed by atoms with Crippen molar-refractivity contribution < 1.29 is 13.9 Å². The molecule has 1 N–H and O–H groups in total. The molecular weight excluding hydrogens is 150 g/mol. The van der Waals surface area contributed by atoms with Gasteiger partial charge in [-0.05, 0) is 6.07 Å². The van der Waals surface area contributed by atoms with E-state index in [-0.39, 0.29) is 5.56 Å². The third kappa shape index (κ3) is 1.74. The van der Waals surface area contributed by atoms with E-state index in [9.17, 15) is 8.78 Å². The van der Waals surface area contributed by atoms with Crippen LogP contribution in [0.1, 0.15) is 11.7 Å². The van der Waals surface area contributed by atoms with E-state index in [4.69, 9.17) is 5.11 Å². The van der Waals surface area contributed by atoms with Crippen molar-refractivity contribution in [3.05, 3.63) is 35.6 Å². The Labute approximate surface area is 63.3 Å². The first-order valence-electron chi connectivity index (χ1n) is 3.24. The molecule has 11 heavy (non-hydrogen) atoms. The average Bonchev–Trinajstić information content (AvgIpc) is 2.04. The zero-order valence-corrected chi connectivity index (χ0v) is 5.80. The molecular formula is C8H8F2O. The predicted octanol–water partition coefficient (Wildman–Crippen LogP) is 1.83. The lowest BCUT2D eigenvalue weighted by atomic mass is 10.1. The molecule has 1 atom stereocenters. The summed E-state index contributed by atoms with van der Waals surface area (Å²) >= 11 is 0. The summed E-state index contributed by atoms with van der Waals surface area (Å²) in [5, 5.41) is 8.90. The highest BCUT2D eigenvalue weighted by molar-refractivity contribution is 5.19. The molecule has 1 nitrogen and oxygen atoms in total. The number of rotatable bonds is 2. The quantitative estimate of drug-likeness (QED) is 0.696. The zero-order chi connectivity index (χ0) is 8.27. The van der Waals surface area contributed by atoms with Crippen LogP contribution in [0, 0.1) is 5.82 Å². The van der Waals surface area contributed by atoms with Gasteiger partial charge in [0.05, 0.1) is 0 Å². The molecule has 0 bridgehead atoms. The van der Waals surface area contributed by atoms with E-state index < -0.39 is 18.6 Å². The number of halogens is 2. The molecule has 1 rings (SSSR count). The van der Waals surface area contributed by atoms with Crippen molar-refractivity contribution in [3.8, 4) is 0 Å². The fraction of sp³-hybridized carbons (Fsp3) is 0.250. The topological polar surface area (TPSA) is 20.2 Å². The van der Waals surface area contributed by atoms with Gasteiger partial charge in [-0.15, -0.1) is 0 Å². The Morgan fingerprint density at radius 1 is 1.36 bits per heavy atom. The number of hydrogen-bond donors (Lipinski definition) is 1. The second kappa shape index (κ2) is 3.44. The van der Waals surface area contributed by atoms with Crippen LogP contribution < -0.4 is 0 Å². The van der Waals surface area contributed by atoms with Gasteiger partial charge in [0.15, 0.2) is 0 Å². The number of aliphatic hydroxyl groups is 1. The lowest BCUT2D eigenvalue weighted by molar-refractivity contribution is 0.138. The summed E-state index contributed by atoms with van der Waals surface area (Å²) in [5.41, 5.74) is 0.00926. The smallest absolute Gasteiger partial charge is 0.129 e. The lowest BCUT2D eigenvalue weighted by Crippen LogP contribution is -2.01. The minimum Gasteiger partial charge on any atom is -0.386 e. The zero-order valence-electron chi connectivity index (χ0n) is 5.80. The summed E-state index contributed by atoms with van der Waals surface area (Å²) in [6.45, 7) is -0.957. The van der Waals surface area contributed by atoms with Crippen LogP contribution in [0.5, 0.6) is 0 Å². The summed E-state index contributed by atoms with van der Waals surface area (Å²) < 4.78 is 24.5. The first-order chi connectivity index (χ1) is 5.25. The van der Waals surface area contributed by atoms with Crippen LogP contribution in [0.3, 0.4) is 0 Å². The van der Waals surface area contributed by atoms with Crippen LogP contribution in [0.25, 0.3) is 0 Å². The molecule has 0 saturated carbocycles. The standard InChI is InChI=1S/C8H8F2O/c9-5-8(11)6-3-1-2-4-7(6)10/h1-4,8,11H,5H2. The van der Waals surface area contributed by atoms with Crippen LogP contribution in [0.2, 0.25) is 0 Å². The summed E-state index contributed by atoms with van der Waals surface area (Å²) in [6.07, 6.45) is -1.34. The Morgan fingerprint density at radius 3 is 2.55 bits per heavy atom. The van der Waals surface area contributed by atoms with E-state index in [1.807, 2.05) is 0 Å². The largest absolute Gasteiger partial charge is 0.386 e. The van der Waals surface area contributed by atoms with Gasteiger partial charge in [0, 0.05) is 5.56 Å². The summed E-state index contributed by atoms with van der Waals surface area (Å²) in [5.74, 6) is -0.572. The van der Waals surface area contributed by atoms with Gasteiger partial charge >= 0.3 is 0 Å². The van der Waals surface area contributed by atoms with Gasteiger partial charge in [-0.25, -0.2) is 8.78 Å². The Hall–Kier alpha value is -0.960. The van der Waals surface area contributed by atoms with Crippen molar-refractivity contribution >= 4 is 0 Å². The Bertz CT molecular complexity index is 237. The average molecular weight is 158 g/mol. The first-order valence-corrected chi connectivity index (χ1v) is 3.24. The van der Waals surface area contributed by atoms with E-state index in [2.05, 4.69) is 0 Å². The number of hydrogen-bond acceptors (Lipinski definition) is 1. The number of alkyl halides is 1. The second-order valence-electron chi connectivity index (χ2n) is 2.19. The molecule has 0 amide bonds. The third-order valence-corrected chi connectivity index (χ3v) is 1.41. The van der Waals surface area contributed by atoms with Gasteiger partial charge in [0.1, 0.15) is 18.6 Å². The molecule has 1 unspecified atom stereocenters. The molecule has 0 aliphatic rings. The Morgan fingerprint density at radius 2 is 2.00 bits per heavy atom. The molecule has 0 aliphatic heterocycles. The molecule has 1 aromatic rings. The molecule has 0 heterocycles. The number of benzene rings is 1. The maximum absolute atomic E-state index is 12.7. The van der Waals surface area contributed by atoms with Crippen molar-refractivity contribution in [3.63, 3.8) is 0 Å². The van der Waals surface area contributed by atoms with Crippen LogP contribution >= 0.6 is 0 Å². The third-order valence-electron chi connectivity index (χ3n) is 1.41. The predicted molar refractivity (Wildman–Crippen MR) is 37.3 cm³/mol. The van der Waals surface area contributed by atoms with Gasteiger partial charge in [-0.1, -0.05) is 18.2 Å². The fourth-order valence-electron chi connectivity index (χ4n) is 0.828. The van der Waals surface area contributed by atoms with Crippen molar-refractivity contribution in [1.82, 2.24) is 0 Å². The highest BCUT2D eigenvalue weighted by Crippen LogP contribution is 2.16. The SMILES string of the molecule is OC(CF)c1ccccc1F. The van der Waals surface area contributed by atoms with Crippen LogP contribution in [-0.2, 0) is 0 Å². The second-order valence-corrected chi connectivity index (χ2v) is 2.19. The van der Waals surface area contributed by atoms with Crippen molar-refractivity contribution in [1.29, 1.82) is 0 Å². The van der Waals surface area contributed by atoms with Gasteiger partial charge in [-0.2, -0.15) is 0 Å². The van der Waals surface area contributed by atoms with Crippen LogP contribution in [0.15, 0.2) is 24.3 Å². The summed E-state index contributed by atoms with van der Waals surface area (Å²) in [6, 6.07) is 5.59. The molecule has 60 valence electrons. The van der Waals surface area contributed by atoms with Crippen LogP contribution in [-0.4, -0.2) is 11.8 Å². The normalized spacial score (nSPS) is 13.0. The maximum Gasteiger partial charge on any atom is 0.129 e. The van der Waals surface area contributed by atoms with E-state index in [1.54, 1.807) is 6.07 Å². The van der Waals surface area contributed by atoms with Crippen molar-refractivity contribution in [2.75, 3.05) is 6.67 Å². The van der Waals surface area contributed by atoms with E-state index in [0.29, 0.717) is 0 Å². The van der Waals surface area contributed by atoms with Crippen molar-refractivity contribution in [2.24, 2.45) is 0 Å². The van der Waals surface area contributed by atoms with Crippen molar-refractivity contribution in [2.45, 2.75) is 6.10 Å². The molecule has 3 heteroatoms. The highest BCUT2D eigenvalue weighted by Gasteiger charge is 2.10. The Kier molecular flexibility index (Phi) is 2.54. The van der Waals surface area contributed by atoms with Gasteiger partial charge in [0.25, 0.3) is 0 Å².